The van der Waals surface area contributed by atoms with Gasteiger partial charge in [0.25, 0.3) is 0 Å². The highest BCUT2D eigenvalue weighted by atomic mass is 16.3. The Hall–Kier alpha value is -2.17. The first kappa shape index (κ1) is 18.2. The van der Waals surface area contributed by atoms with Crippen LogP contribution in [-0.2, 0) is 17.9 Å². The lowest BCUT2D eigenvalue weighted by Gasteiger charge is -2.21. The van der Waals surface area contributed by atoms with Crippen molar-refractivity contribution in [3.05, 3.63) is 64.7 Å². The van der Waals surface area contributed by atoms with Gasteiger partial charge in [0.05, 0.1) is 13.2 Å². The highest BCUT2D eigenvalue weighted by Crippen LogP contribution is 2.19. The third-order valence-electron chi connectivity index (χ3n) is 4.17. The van der Waals surface area contributed by atoms with Gasteiger partial charge in [0.15, 0.2) is 0 Å². The number of aliphatic hydroxyl groups is 1. The molecule has 0 spiro atoms. The molecule has 0 heterocycles. The van der Waals surface area contributed by atoms with Crippen LogP contribution in [-0.4, -0.2) is 29.0 Å². The van der Waals surface area contributed by atoms with Gasteiger partial charge in [-0.3, -0.25) is 9.69 Å². The van der Waals surface area contributed by atoms with Crippen molar-refractivity contribution in [3.63, 3.8) is 0 Å². The van der Waals surface area contributed by atoms with Crippen LogP contribution < -0.4 is 5.32 Å². The number of amides is 1. The summed E-state index contributed by atoms with van der Waals surface area (Å²) in [5.74, 6) is 0.00114. The monoisotopic (exact) mass is 326 g/mol. The van der Waals surface area contributed by atoms with Crippen molar-refractivity contribution in [3.8, 4) is 0 Å². The maximum Gasteiger partial charge on any atom is 0.238 e. The quantitative estimate of drug-likeness (QED) is 0.821. The number of hydrogen-bond donors (Lipinski definition) is 2. The fraction of sp³-hybridized carbons (Fsp3) is 0.350. The van der Waals surface area contributed by atoms with Crippen LogP contribution >= 0.6 is 0 Å². The standard InChI is InChI=1S/C20H26N2O2/c1-4-22(12-17-8-10-18(14-23)11-9-17)13-19(24)21-20-15(2)6-5-7-16(20)3/h5-11,23H,4,12-14H2,1-3H3,(H,21,24). The molecule has 0 aliphatic rings. The second-order valence-corrected chi connectivity index (χ2v) is 6.09. The number of anilines is 1. The van der Waals surface area contributed by atoms with E-state index in [0.717, 1.165) is 34.5 Å². The average molecular weight is 326 g/mol. The minimum Gasteiger partial charge on any atom is -0.392 e. The molecule has 1 amide bonds. The van der Waals surface area contributed by atoms with Crippen LogP contribution in [0.2, 0.25) is 0 Å². The van der Waals surface area contributed by atoms with E-state index in [1.165, 1.54) is 0 Å². The molecule has 0 bridgehead atoms. The number of aryl methyl sites for hydroxylation is 2. The summed E-state index contributed by atoms with van der Waals surface area (Å²) in [5, 5.41) is 12.1. The molecule has 2 rings (SSSR count). The van der Waals surface area contributed by atoms with Crippen molar-refractivity contribution in [1.82, 2.24) is 4.90 Å². The molecule has 0 aliphatic heterocycles. The lowest BCUT2D eigenvalue weighted by atomic mass is 10.1. The summed E-state index contributed by atoms with van der Waals surface area (Å²) in [4.78, 5) is 14.5. The number of carbonyl (C=O) groups is 1. The zero-order valence-electron chi connectivity index (χ0n) is 14.7. The largest absolute Gasteiger partial charge is 0.392 e. The molecule has 24 heavy (non-hydrogen) atoms. The number of likely N-dealkylation sites (N-methyl/N-ethyl adjacent to an activating group) is 1. The van der Waals surface area contributed by atoms with Gasteiger partial charge in [-0.25, -0.2) is 0 Å². The molecule has 4 heteroatoms. The molecule has 0 aliphatic carbocycles. The molecule has 0 saturated heterocycles. The van der Waals surface area contributed by atoms with Crippen LogP contribution in [0.25, 0.3) is 0 Å². The smallest absolute Gasteiger partial charge is 0.238 e. The fourth-order valence-corrected chi connectivity index (χ4v) is 2.68. The van der Waals surface area contributed by atoms with Crippen molar-refractivity contribution in [1.29, 1.82) is 0 Å². The normalized spacial score (nSPS) is 10.9. The fourth-order valence-electron chi connectivity index (χ4n) is 2.68. The van der Waals surface area contributed by atoms with Crippen LogP contribution in [0.15, 0.2) is 42.5 Å². The third kappa shape index (κ3) is 4.91. The van der Waals surface area contributed by atoms with Crippen LogP contribution in [0.1, 0.15) is 29.2 Å². The van der Waals surface area contributed by atoms with E-state index in [2.05, 4.69) is 10.2 Å². The maximum atomic E-state index is 12.4. The number of aliphatic hydroxyl groups excluding tert-OH is 1. The van der Waals surface area contributed by atoms with Gasteiger partial charge in [-0.2, -0.15) is 0 Å². The first-order chi connectivity index (χ1) is 11.5. The molecule has 0 radical (unpaired) electrons. The zero-order valence-corrected chi connectivity index (χ0v) is 14.7. The Kier molecular flexibility index (Phi) is 6.53. The lowest BCUT2D eigenvalue weighted by Crippen LogP contribution is -2.33. The highest BCUT2D eigenvalue weighted by molar-refractivity contribution is 5.93. The van der Waals surface area contributed by atoms with E-state index < -0.39 is 0 Å². The Bertz CT molecular complexity index is 660. The Morgan fingerprint density at radius 2 is 1.62 bits per heavy atom. The van der Waals surface area contributed by atoms with Gasteiger partial charge >= 0.3 is 0 Å². The summed E-state index contributed by atoms with van der Waals surface area (Å²) in [6, 6.07) is 13.8. The van der Waals surface area contributed by atoms with Gasteiger partial charge in [-0.1, -0.05) is 49.4 Å². The number of para-hydroxylation sites is 1. The van der Waals surface area contributed by atoms with Crippen LogP contribution in [0, 0.1) is 13.8 Å². The van der Waals surface area contributed by atoms with Gasteiger partial charge in [0.1, 0.15) is 0 Å². The summed E-state index contributed by atoms with van der Waals surface area (Å²) >= 11 is 0. The average Bonchev–Trinajstić information content (AvgIpc) is 2.58. The summed E-state index contributed by atoms with van der Waals surface area (Å²) < 4.78 is 0. The van der Waals surface area contributed by atoms with E-state index in [-0.39, 0.29) is 12.5 Å². The first-order valence-corrected chi connectivity index (χ1v) is 8.30. The van der Waals surface area contributed by atoms with Gasteiger partial charge in [-0.05, 0) is 42.6 Å². The molecular formula is C20H26N2O2. The first-order valence-electron chi connectivity index (χ1n) is 8.30. The Morgan fingerprint density at radius 3 is 2.17 bits per heavy atom. The molecular weight excluding hydrogens is 300 g/mol. The number of rotatable bonds is 7. The summed E-state index contributed by atoms with van der Waals surface area (Å²) in [6.45, 7) is 7.96. The number of carbonyl (C=O) groups excluding carboxylic acids is 1. The van der Waals surface area contributed by atoms with E-state index in [4.69, 9.17) is 5.11 Å². The minimum absolute atomic E-state index is 0.00114. The Labute approximate surface area is 144 Å². The minimum atomic E-state index is 0.00114. The Morgan fingerprint density at radius 1 is 1.04 bits per heavy atom. The summed E-state index contributed by atoms with van der Waals surface area (Å²) in [7, 11) is 0. The second-order valence-electron chi connectivity index (χ2n) is 6.09. The van der Waals surface area contributed by atoms with E-state index in [0.29, 0.717) is 13.1 Å². The molecule has 2 aromatic carbocycles. The summed E-state index contributed by atoms with van der Waals surface area (Å²) in [6.07, 6.45) is 0. The van der Waals surface area contributed by atoms with Crippen LogP contribution in [0.5, 0.6) is 0 Å². The molecule has 0 fully saturated rings. The predicted molar refractivity (Wildman–Crippen MR) is 97.9 cm³/mol. The molecule has 2 aromatic rings. The topological polar surface area (TPSA) is 52.6 Å². The lowest BCUT2D eigenvalue weighted by molar-refractivity contribution is -0.117. The van der Waals surface area contributed by atoms with E-state index >= 15 is 0 Å². The second kappa shape index (κ2) is 8.62. The van der Waals surface area contributed by atoms with E-state index in [1.54, 1.807) is 0 Å². The van der Waals surface area contributed by atoms with Crippen LogP contribution in [0.4, 0.5) is 5.69 Å². The molecule has 0 aromatic heterocycles. The highest BCUT2D eigenvalue weighted by Gasteiger charge is 2.12. The predicted octanol–water partition coefficient (Wildman–Crippen LogP) is 3.26. The molecule has 2 N–H and O–H groups in total. The van der Waals surface area contributed by atoms with Crippen molar-refractivity contribution >= 4 is 11.6 Å². The van der Waals surface area contributed by atoms with Gasteiger partial charge < -0.3 is 10.4 Å². The van der Waals surface area contributed by atoms with E-state index in [1.807, 2.05) is 63.2 Å². The van der Waals surface area contributed by atoms with E-state index in [9.17, 15) is 4.79 Å². The number of nitrogens with zero attached hydrogens (tertiary/aromatic N) is 1. The van der Waals surface area contributed by atoms with Crippen molar-refractivity contribution < 1.29 is 9.90 Å². The maximum absolute atomic E-state index is 12.4. The van der Waals surface area contributed by atoms with Crippen LogP contribution in [0.3, 0.4) is 0 Å². The third-order valence-corrected chi connectivity index (χ3v) is 4.17. The van der Waals surface area contributed by atoms with Gasteiger partial charge in [0, 0.05) is 12.2 Å². The molecule has 0 saturated carbocycles. The Balaban J connectivity index is 1.97. The molecule has 4 nitrogen and oxygen atoms in total. The summed E-state index contributed by atoms with van der Waals surface area (Å²) in [5.41, 5.74) is 5.09. The van der Waals surface area contributed by atoms with Crippen molar-refractivity contribution in [2.24, 2.45) is 0 Å². The van der Waals surface area contributed by atoms with Crippen molar-refractivity contribution in [2.45, 2.75) is 33.9 Å². The number of benzene rings is 2. The molecule has 0 unspecified atom stereocenters. The SMILES string of the molecule is CCN(CC(=O)Nc1c(C)cccc1C)Cc1ccc(CO)cc1. The molecule has 128 valence electrons. The number of hydrogen-bond acceptors (Lipinski definition) is 3. The number of nitrogens with one attached hydrogen (secondary N) is 1. The zero-order chi connectivity index (χ0) is 17.5. The van der Waals surface area contributed by atoms with Crippen molar-refractivity contribution in [2.75, 3.05) is 18.4 Å². The van der Waals surface area contributed by atoms with Gasteiger partial charge in [0.2, 0.25) is 5.91 Å². The van der Waals surface area contributed by atoms with Gasteiger partial charge in [-0.15, -0.1) is 0 Å². The molecule has 0 atom stereocenters.